The molecule has 4 N–H and O–H groups in total. The second-order valence-electron chi connectivity index (χ2n) is 8.73. The zero-order valence-electron chi connectivity index (χ0n) is 19.7. The van der Waals surface area contributed by atoms with Gasteiger partial charge < -0.3 is 24.8 Å². The van der Waals surface area contributed by atoms with Crippen LogP contribution in [0, 0.1) is 0 Å². The van der Waals surface area contributed by atoms with Crippen LogP contribution >= 0.6 is 7.75 Å². The Kier molecular flexibility index (Phi) is 7.95. The number of esters is 1. The summed E-state index contributed by atoms with van der Waals surface area (Å²) in [4.78, 5) is 27.9. The topological polar surface area (TPSA) is 164 Å². The number of carbonyl (C=O) groups excluding carboxylic acids is 1. The van der Waals surface area contributed by atoms with Crippen LogP contribution in [0.5, 0.6) is 5.75 Å². The van der Waals surface area contributed by atoms with Crippen molar-refractivity contribution in [1.82, 2.24) is 14.6 Å². The van der Waals surface area contributed by atoms with Crippen molar-refractivity contribution in [2.75, 3.05) is 12.3 Å². The van der Waals surface area contributed by atoms with E-state index in [4.69, 9.17) is 24.3 Å². The first-order valence-corrected chi connectivity index (χ1v) is 13.1. The largest absolute Gasteiger partial charge is 0.461 e. The lowest BCUT2D eigenvalue weighted by Crippen LogP contribution is -2.42. The lowest BCUT2D eigenvalue weighted by atomic mass is 9.96. The van der Waals surface area contributed by atoms with E-state index >= 15 is 0 Å². The fourth-order valence-corrected chi connectivity index (χ4v) is 5.14. The fraction of sp³-hybridized carbons (Fsp3) is 0.500. The van der Waals surface area contributed by atoms with Gasteiger partial charge in [-0.2, -0.15) is 18.9 Å². The van der Waals surface area contributed by atoms with Crippen LogP contribution in [-0.2, 0) is 23.4 Å². The summed E-state index contributed by atoms with van der Waals surface area (Å²) >= 11 is 0. The molecule has 1 saturated carbocycles. The summed E-state index contributed by atoms with van der Waals surface area (Å²) in [6.07, 6.45) is -3.26. The van der Waals surface area contributed by atoms with Gasteiger partial charge in [0.2, 0.25) is 6.23 Å². The second-order valence-corrected chi connectivity index (χ2v) is 10.4. The molecule has 1 aliphatic carbocycles. The summed E-state index contributed by atoms with van der Waals surface area (Å²) in [5.41, 5.74) is 4.28. The normalized spacial score (nSPS) is 25.6. The van der Waals surface area contributed by atoms with Gasteiger partial charge in [-0.15, -0.1) is 0 Å². The predicted octanol–water partition coefficient (Wildman–Crippen LogP) is 2.00. The molecule has 0 spiro atoms. The minimum atomic E-state index is -4.40. The minimum Gasteiger partial charge on any atom is -0.461 e. The number of nitrogens with zero attached hydrogens (tertiary/aromatic N) is 2. The molecule has 1 aliphatic heterocycles. The van der Waals surface area contributed by atoms with Gasteiger partial charge in [0.05, 0.1) is 6.61 Å². The van der Waals surface area contributed by atoms with Gasteiger partial charge in [-0.05, 0) is 44.4 Å². The van der Waals surface area contributed by atoms with Gasteiger partial charge in [0, 0.05) is 6.20 Å². The molecule has 0 bridgehead atoms. The summed E-state index contributed by atoms with van der Waals surface area (Å²) in [6.45, 7) is 0.545. The Labute approximate surface area is 210 Å². The highest BCUT2D eigenvalue weighted by Gasteiger charge is 2.60. The molecule has 15 heteroatoms. The number of aromatic nitrogens is 2. The van der Waals surface area contributed by atoms with E-state index in [1.807, 2.05) is 0 Å². The van der Waals surface area contributed by atoms with Crippen LogP contribution < -0.4 is 21.0 Å². The van der Waals surface area contributed by atoms with Crippen LogP contribution in [0.1, 0.15) is 32.4 Å². The SMILES string of the molecule is C[C@H](N[P@](=O)(OC[C@H]1O[C@@H](n2ccc(N)nc2=O)C(F)(F)[C@@H]1O)Oc1ccccc1)C(=O)OC1CCC1. The number of aliphatic hydroxyl groups excluding tert-OH is 1. The Morgan fingerprint density at radius 2 is 2.05 bits per heavy atom. The van der Waals surface area contributed by atoms with E-state index in [1.54, 1.807) is 18.2 Å². The smallest absolute Gasteiger partial charge is 0.459 e. The third kappa shape index (κ3) is 6.16. The molecule has 1 saturated heterocycles. The van der Waals surface area contributed by atoms with E-state index in [-0.39, 0.29) is 17.7 Å². The number of benzene rings is 1. The third-order valence-corrected chi connectivity index (χ3v) is 7.55. The van der Waals surface area contributed by atoms with E-state index in [9.17, 15) is 28.0 Å². The summed E-state index contributed by atoms with van der Waals surface area (Å²) in [5.74, 6) is -4.71. The Balaban J connectivity index is 1.49. The number of carbonyl (C=O) groups is 1. The Morgan fingerprint density at radius 3 is 2.68 bits per heavy atom. The lowest BCUT2D eigenvalue weighted by molar-refractivity contribution is -0.154. The third-order valence-electron chi connectivity index (χ3n) is 5.90. The van der Waals surface area contributed by atoms with Crippen molar-refractivity contribution < 1.29 is 41.8 Å². The molecule has 37 heavy (non-hydrogen) atoms. The van der Waals surface area contributed by atoms with Gasteiger partial charge in [0.25, 0.3) is 0 Å². The monoisotopic (exact) mass is 544 g/mol. The molecule has 4 rings (SSSR count). The zero-order chi connectivity index (χ0) is 26.8. The van der Waals surface area contributed by atoms with E-state index < -0.39 is 56.4 Å². The van der Waals surface area contributed by atoms with E-state index in [1.165, 1.54) is 19.1 Å². The Bertz CT molecular complexity index is 1210. The number of aliphatic hydroxyl groups is 1. The summed E-state index contributed by atoms with van der Waals surface area (Å²) < 4.78 is 65.1. The fourth-order valence-electron chi connectivity index (χ4n) is 3.64. The van der Waals surface area contributed by atoms with Gasteiger partial charge >= 0.3 is 25.3 Å². The van der Waals surface area contributed by atoms with Crippen molar-refractivity contribution in [3.63, 3.8) is 0 Å². The second kappa shape index (κ2) is 10.8. The summed E-state index contributed by atoms with van der Waals surface area (Å²) in [5, 5.41) is 12.7. The lowest BCUT2D eigenvalue weighted by Gasteiger charge is -2.28. The van der Waals surface area contributed by atoms with Gasteiger partial charge in [-0.3, -0.25) is 13.9 Å². The average molecular weight is 544 g/mol. The molecule has 2 fully saturated rings. The molecular weight excluding hydrogens is 517 g/mol. The first kappa shape index (κ1) is 27.1. The maximum atomic E-state index is 14.8. The molecular formula is C22H27F2N4O8P. The van der Waals surface area contributed by atoms with Crippen LogP contribution in [0.2, 0.25) is 0 Å². The molecule has 0 unspecified atom stereocenters. The van der Waals surface area contributed by atoms with Crippen molar-refractivity contribution in [3.8, 4) is 5.75 Å². The van der Waals surface area contributed by atoms with Gasteiger partial charge in [0.15, 0.2) is 6.10 Å². The van der Waals surface area contributed by atoms with Crippen LogP contribution in [0.4, 0.5) is 14.6 Å². The summed E-state index contributed by atoms with van der Waals surface area (Å²) in [7, 11) is -4.40. The highest BCUT2D eigenvalue weighted by atomic mass is 31.2. The van der Waals surface area contributed by atoms with Crippen LogP contribution in [0.15, 0.2) is 47.4 Å². The molecule has 12 nitrogen and oxygen atoms in total. The van der Waals surface area contributed by atoms with E-state index in [2.05, 4.69) is 10.1 Å². The Morgan fingerprint density at radius 1 is 1.35 bits per heavy atom. The van der Waals surface area contributed by atoms with Gasteiger partial charge in [0.1, 0.15) is 29.8 Å². The van der Waals surface area contributed by atoms with Gasteiger partial charge in [-0.25, -0.2) is 9.36 Å². The standard InChI is InChI=1S/C22H27F2N4O8P/c1-13(19(30)34-14-8-5-9-14)27-37(32,36-15-6-3-2-4-7-15)33-12-16-18(29)22(23,24)20(35-16)28-11-10-17(25)26-21(28)31/h2-4,6-7,10-11,13-14,16,18,20,29H,5,8-9,12H2,1H3,(H,27,32)(H2,25,26,31)/t13-,16+,18+,20+,37-/m0/s1. The van der Waals surface area contributed by atoms with Crippen LogP contribution in [-0.4, -0.2) is 57.5 Å². The zero-order valence-corrected chi connectivity index (χ0v) is 20.6. The number of hydrogen-bond donors (Lipinski definition) is 3. The maximum Gasteiger partial charge on any atom is 0.459 e. The molecule has 2 aromatic rings. The number of rotatable bonds is 10. The number of hydrogen-bond acceptors (Lipinski definition) is 10. The number of halogens is 2. The number of nitrogens with one attached hydrogen (secondary N) is 1. The molecule has 0 amide bonds. The minimum absolute atomic E-state index is 0.105. The number of ether oxygens (including phenoxy) is 2. The van der Waals surface area contributed by atoms with Crippen molar-refractivity contribution >= 4 is 19.5 Å². The summed E-state index contributed by atoms with van der Waals surface area (Å²) in [6, 6.07) is 7.80. The molecule has 1 aromatic heterocycles. The van der Waals surface area contributed by atoms with Crippen molar-refractivity contribution in [2.24, 2.45) is 0 Å². The number of alkyl halides is 2. The number of nitrogen functional groups attached to an aromatic ring is 1. The van der Waals surface area contributed by atoms with Crippen molar-refractivity contribution in [3.05, 3.63) is 53.1 Å². The highest BCUT2D eigenvalue weighted by molar-refractivity contribution is 7.52. The maximum absolute atomic E-state index is 14.8. The molecule has 0 radical (unpaired) electrons. The molecule has 2 aliphatic rings. The van der Waals surface area contributed by atoms with Gasteiger partial charge in [-0.1, -0.05) is 18.2 Å². The van der Waals surface area contributed by atoms with Crippen LogP contribution in [0.3, 0.4) is 0 Å². The van der Waals surface area contributed by atoms with Crippen molar-refractivity contribution in [1.29, 1.82) is 0 Å². The highest BCUT2D eigenvalue weighted by Crippen LogP contribution is 2.48. The number of anilines is 1. The Hall–Kier alpha value is -2.90. The van der Waals surface area contributed by atoms with E-state index in [0.29, 0.717) is 4.57 Å². The van der Waals surface area contributed by atoms with Crippen LogP contribution in [0.25, 0.3) is 0 Å². The van der Waals surface area contributed by atoms with E-state index in [0.717, 1.165) is 31.5 Å². The predicted molar refractivity (Wildman–Crippen MR) is 125 cm³/mol. The first-order valence-electron chi connectivity index (χ1n) is 11.5. The first-order chi connectivity index (χ1) is 17.5. The average Bonchev–Trinajstić information content (AvgIpc) is 3.04. The number of para-hydroxylation sites is 1. The molecule has 1 aromatic carbocycles. The quantitative estimate of drug-likeness (QED) is 0.296. The van der Waals surface area contributed by atoms with Crippen molar-refractivity contribution in [2.45, 2.75) is 62.7 Å². The molecule has 2 heterocycles. The number of nitrogens with two attached hydrogens (primary N) is 1. The molecule has 5 atom stereocenters. The molecule has 202 valence electrons.